The number of nitrogens with zero attached hydrogens (tertiary/aromatic N) is 6. The number of imidazole rings is 1. The standard InChI is InChI=1S/C29H30ClN7O/c1-4-5-7-22-18-37(27-23(19(2)3)8-6-9-26(27)30)29(38)36(22)17-20-10-12-21(13-11-20)24-14-15-31-16-25(24)28-32-34-35-33-28/h6,8-16,18-19H,4-5,7,17H2,1-3H3,(H,32,33,34,35). The van der Waals surface area contributed by atoms with Gasteiger partial charge in [0.1, 0.15) is 0 Å². The van der Waals surface area contributed by atoms with Crippen LogP contribution in [0.3, 0.4) is 0 Å². The summed E-state index contributed by atoms with van der Waals surface area (Å²) < 4.78 is 3.60. The maximum Gasteiger partial charge on any atom is 0.333 e. The number of nitrogens with one attached hydrogen (secondary N) is 1. The van der Waals surface area contributed by atoms with Crippen molar-refractivity contribution in [2.24, 2.45) is 0 Å². The molecule has 0 fully saturated rings. The first kappa shape index (κ1) is 25.6. The number of halogens is 1. The van der Waals surface area contributed by atoms with Crippen molar-refractivity contribution >= 4 is 11.6 Å². The monoisotopic (exact) mass is 527 g/mol. The highest BCUT2D eigenvalue weighted by molar-refractivity contribution is 6.32. The molecule has 2 aromatic carbocycles. The van der Waals surface area contributed by atoms with Crippen LogP contribution in [0.25, 0.3) is 28.2 Å². The highest BCUT2D eigenvalue weighted by atomic mass is 35.5. The van der Waals surface area contributed by atoms with Gasteiger partial charge in [-0.15, -0.1) is 5.10 Å². The second kappa shape index (κ2) is 11.1. The van der Waals surface area contributed by atoms with E-state index in [1.807, 2.05) is 35.0 Å². The first-order chi connectivity index (χ1) is 18.5. The van der Waals surface area contributed by atoms with Crippen LogP contribution in [0.15, 0.2) is 71.9 Å². The Morgan fingerprint density at radius 2 is 1.87 bits per heavy atom. The van der Waals surface area contributed by atoms with Gasteiger partial charge < -0.3 is 0 Å². The molecule has 5 rings (SSSR count). The summed E-state index contributed by atoms with van der Waals surface area (Å²) in [6.07, 6.45) is 8.33. The molecular formula is C29H30ClN7O. The molecule has 0 atom stereocenters. The number of aromatic nitrogens is 7. The molecule has 0 amide bonds. The molecule has 0 saturated heterocycles. The van der Waals surface area contributed by atoms with Crippen molar-refractivity contribution in [3.05, 3.63) is 99.4 Å². The molecule has 0 saturated carbocycles. The van der Waals surface area contributed by atoms with E-state index in [-0.39, 0.29) is 11.6 Å². The Bertz CT molecular complexity index is 1580. The molecule has 0 radical (unpaired) electrons. The molecule has 0 bridgehead atoms. The number of hydrogen-bond acceptors (Lipinski definition) is 5. The van der Waals surface area contributed by atoms with Crippen LogP contribution in [-0.4, -0.2) is 34.7 Å². The number of unbranched alkanes of at least 4 members (excludes halogenated alkanes) is 1. The summed E-state index contributed by atoms with van der Waals surface area (Å²) in [6, 6.07) is 16.0. The van der Waals surface area contributed by atoms with Crippen LogP contribution in [0, 0.1) is 0 Å². The molecule has 5 aromatic rings. The van der Waals surface area contributed by atoms with E-state index in [0.29, 0.717) is 17.4 Å². The van der Waals surface area contributed by atoms with E-state index in [2.05, 4.69) is 70.6 Å². The van der Waals surface area contributed by atoms with Gasteiger partial charge in [0, 0.05) is 29.8 Å². The van der Waals surface area contributed by atoms with Gasteiger partial charge in [0.2, 0.25) is 0 Å². The number of tetrazole rings is 1. The zero-order valence-corrected chi connectivity index (χ0v) is 22.5. The zero-order chi connectivity index (χ0) is 26.6. The van der Waals surface area contributed by atoms with Gasteiger partial charge in [-0.3, -0.25) is 14.1 Å². The molecule has 8 nitrogen and oxygen atoms in total. The molecule has 0 aliphatic heterocycles. The first-order valence-electron chi connectivity index (χ1n) is 12.8. The fourth-order valence-corrected chi connectivity index (χ4v) is 5.02. The van der Waals surface area contributed by atoms with Crippen LogP contribution in [0.5, 0.6) is 0 Å². The van der Waals surface area contributed by atoms with Crippen LogP contribution in [0.1, 0.15) is 56.4 Å². The average Bonchev–Trinajstić information content (AvgIpc) is 3.57. The third kappa shape index (κ3) is 5.04. The van der Waals surface area contributed by atoms with Crippen molar-refractivity contribution < 1.29 is 0 Å². The minimum atomic E-state index is -0.0792. The van der Waals surface area contributed by atoms with Crippen LogP contribution in [-0.2, 0) is 13.0 Å². The van der Waals surface area contributed by atoms with Gasteiger partial charge in [-0.1, -0.05) is 75.2 Å². The van der Waals surface area contributed by atoms with Gasteiger partial charge in [-0.25, -0.2) is 9.89 Å². The summed E-state index contributed by atoms with van der Waals surface area (Å²) >= 11 is 6.64. The van der Waals surface area contributed by atoms with Crippen molar-refractivity contribution in [2.75, 3.05) is 0 Å². The maximum absolute atomic E-state index is 13.8. The Hall–Kier alpha value is -4.04. The van der Waals surface area contributed by atoms with Crippen LogP contribution in [0.2, 0.25) is 5.02 Å². The number of aryl methyl sites for hydroxylation is 1. The van der Waals surface area contributed by atoms with Gasteiger partial charge in [0.15, 0.2) is 5.82 Å². The smallest absolute Gasteiger partial charge is 0.292 e. The third-order valence-electron chi connectivity index (χ3n) is 6.76. The Morgan fingerprint density at radius 3 is 2.58 bits per heavy atom. The first-order valence-corrected chi connectivity index (χ1v) is 13.2. The summed E-state index contributed by atoms with van der Waals surface area (Å²) in [7, 11) is 0. The van der Waals surface area contributed by atoms with E-state index in [9.17, 15) is 4.79 Å². The lowest BCUT2D eigenvalue weighted by Crippen LogP contribution is -2.25. The second-order valence-electron chi connectivity index (χ2n) is 9.66. The lowest BCUT2D eigenvalue weighted by Gasteiger charge is -2.14. The fraction of sp³-hybridized carbons (Fsp3) is 0.276. The average molecular weight is 528 g/mol. The normalized spacial score (nSPS) is 11.4. The van der Waals surface area contributed by atoms with Crippen LogP contribution < -0.4 is 5.69 Å². The predicted octanol–water partition coefficient (Wildman–Crippen LogP) is 6.05. The number of H-pyrrole nitrogens is 1. The molecule has 194 valence electrons. The van der Waals surface area contributed by atoms with Crippen molar-refractivity contribution in [3.63, 3.8) is 0 Å². The minimum Gasteiger partial charge on any atom is -0.292 e. The van der Waals surface area contributed by atoms with Gasteiger partial charge in [-0.2, -0.15) is 0 Å². The van der Waals surface area contributed by atoms with Crippen LogP contribution in [0.4, 0.5) is 0 Å². The minimum absolute atomic E-state index is 0.0792. The number of aromatic amines is 1. The molecular weight excluding hydrogens is 498 g/mol. The molecule has 38 heavy (non-hydrogen) atoms. The van der Waals surface area contributed by atoms with E-state index < -0.39 is 0 Å². The Labute approximate surface area is 226 Å². The van der Waals surface area contributed by atoms with E-state index >= 15 is 0 Å². The Morgan fingerprint density at radius 1 is 1.05 bits per heavy atom. The summed E-state index contributed by atoms with van der Waals surface area (Å²) in [5.41, 5.74) is 6.58. The van der Waals surface area contributed by atoms with Crippen LogP contribution >= 0.6 is 11.6 Å². The summed E-state index contributed by atoms with van der Waals surface area (Å²) in [4.78, 5) is 18.0. The van der Waals surface area contributed by atoms with Crippen molar-refractivity contribution in [2.45, 2.75) is 52.5 Å². The summed E-state index contributed by atoms with van der Waals surface area (Å²) in [6.45, 7) is 6.86. The Kier molecular flexibility index (Phi) is 7.51. The quantitative estimate of drug-likeness (QED) is 0.252. The molecule has 0 unspecified atom stereocenters. The molecule has 3 heterocycles. The van der Waals surface area contributed by atoms with E-state index in [1.54, 1.807) is 17.0 Å². The Balaban J connectivity index is 1.51. The molecule has 1 N–H and O–H groups in total. The summed E-state index contributed by atoms with van der Waals surface area (Å²) in [5.74, 6) is 0.794. The second-order valence-corrected chi connectivity index (χ2v) is 10.1. The molecule has 3 aromatic heterocycles. The number of benzene rings is 2. The van der Waals surface area contributed by atoms with Gasteiger partial charge >= 0.3 is 5.69 Å². The number of para-hydroxylation sites is 1. The number of rotatable bonds is 9. The van der Waals surface area contributed by atoms with E-state index in [4.69, 9.17) is 11.6 Å². The number of pyridine rings is 1. The highest BCUT2D eigenvalue weighted by Crippen LogP contribution is 2.31. The molecule has 9 heteroatoms. The van der Waals surface area contributed by atoms with Gasteiger partial charge in [0.25, 0.3) is 0 Å². The lowest BCUT2D eigenvalue weighted by atomic mass is 10.00. The fourth-order valence-electron chi connectivity index (χ4n) is 4.75. The van der Waals surface area contributed by atoms with Crippen molar-refractivity contribution in [1.82, 2.24) is 34.7 Å². The van der Waals surface area contributed by atoms with Gasteiger partial charge in [0.05, 0.1) is 17.3 Å². The largest absolute Gasteiger partial charge is 0.333 e. The predicted molar refractivity (Wildman–Crippen MR) is 150 cm³/mol. The van der Waals surface area contributed by atoms with Crippen molar-refractivity contribution in [1.29, 1.82) is 0 Å². The molecule has 0 aliphatic rings. The maximum atomic E-state index is 13.8. The topological polar surface area (TPSA) is 94.3 Å². The number of hydrogen-bond donors (Lipinski definition) is 1. The summed E-state index contributed by atoms with van der Waals surface area (Å²) in [5, 5.41) is 14.8. The molecule has 0 spiro atoms. The highest BCUT2D eigenvalue weighted by Gasteiger charge is 2.19. The SMILES string of the molecule is CCCCc1cn(-c2c(Cl)cccc2C(C)C)c(=O)n1Cc1ccc(-c2ccncc2-c2nnn[nH]2)cc1. The zero-order valence-electron chi connectivity index (χ0n) is 21.7. The third-order valence-corrected chi connectivity index (χ3v) is 7.06. The van der Waals surface area contributed by atoms with E-state index in [1.165, 1.54) is 0 Å². The van der Waals surface area contributed by atoms with Gasteiger partial charge in [-0.05, 0) is 63.6 Å². The van der Waals surface area contributed by atoms with E-state index in [0.717, 1.165) is 58.5 Å². The lowest BCUT2D eigenvalue weighted by molar-refractivity contribution is 0.673. The van der Waals surface area contributed by atoms with Crippen molar-refractivity contribution in [3.8, 4) is 28.2 Å². The molecule has 0 aliphatic carbocycles.